The van der Waals surface area contributed by atoms with E-state index in [1.54, 1.807) is 0 Å². The molecule has 0 aliphatic carbocycles. The van der Waals surface area contributed by atoms with Gasteiger partial charge in [0.15, 0.2) is 0 Å². The Morgan fingerprint density at radius 2 is 2.29 bits per heavy atom. The first-order valence-electron chi connectivity index (χ1n) is 7.62. The first-order valence-corrected chi connectivity index (χ1v) is 8.46. The van der Waals surface area contributed by atoms with Crippen LogP contribution >= 0.6 is 11.5 Å². The first-order chi connectivity index (χ1) is 11.2. The van der Waals surface area contributed by atoms with Crippen LogP contribution in [0.1, 0.15) is 31.9 Å². The van der Waals surface area contributed by atoms with E-state index in [9.17, 15) is 13.2 Å². The molecule has 3 rings (SSSR count). The van der Waals surface area contributed by atoms with Crippen molar-refractivity contribution in [2.24, 2.45) is 5.92 Å². The fourth-order valence-electron chi connectivity index (χ4n) is 3.16. The largest absolute Gasteiger partial charge is 0.490 e. The third-order valence-corrected chi connectivity index (χ3v) is 4.60. The monoisotopic (exact) mass is 367 g/mol. The average molecular weight is 367 g/mol. The number of piperidine rings is 1. The van der Waals surface area contributed by atoms with E-state index in [1.807, 2.05) is 5.38 Å². The Morgan fingerprint density at radius 3 is 2.79 bits per heavy atom. The van der Waals surface area contributed by atoms with Crippen molar-refractivity contribution < 1.29 is 27.8 Å². The molecule has 1 N–H and O–H groups in total. The first kappa shape index (κ1) is 19.1. The number of hydrogen-bond acceptors (Lipinski definition) is 6. The molecule has 2 aliphatic heterocycles. The van der Waals surface area contributed by atoms with Crippen molar-refractivity contribution in [2.75, 3.05) is 19.7 Å². The van der Waals surface area contributed by atoms with Gasteiger partial charge >= 0.3 is 12.1 Å². The van der Waals surface area contributed by atoms with E-state index in [0.717, 1.165) is 37.9 Å². The number of carbonyl (C=O) groups is 1. The molecule has 1 aromatic heterocycles. The van der Waals surface area contributed by atoms with E-state index in [2.05, 4.69) is 21.4 Å². The van der Waals surface area contributed by atoms with Gasteiger partial charge in [0.2, 0.25) is 0 Å². The van der Waals surface area contributed by atoms with Gasteiger partial charge in [-0.05, 0) is 43.3 Å². The molecule has 2 saturated heterocycles. The van der Waals surface area contributed by atoms with Gasteiger partial charge in [-0.1, -0.05) is 11.4 Å². The summed E-state index contributed by atoms with van der Waals surface area (Å²) in [5.74, 6) is -2.04. The number of carboxylic acid groups (broad SMARTS) is 1. The maximum absolute atomic E-state index is 10.6. The highest BCUT2D eigenvalue weighted by Gasteiger charge is 2.42. The smallest absolute Gasteiger partial charge is 0.475 e. The number of halogens is 3. The summed E-state index contributed by atoms with van der Waals surface area (Å²) in [5, 5.41) is 13.3. The number of ether oxygens (including phenoxy) is 1. The number of carboxylic acids is 1. The van der Waals surface area contributed by atoms with Crippen LogP contribution in [-0.4, -0.2) is 57.0 Å². The molecule has 1 spiro atoms. The van der Waals surface area contributed by atoms with Gasteiger partial charge in [-0.15, -0.1) is 5.10 Å². The molecule has 0 aromatic carbocycles. The van der Waals surface area contributed by atoms with Gasteiger partial charge in [0, 0.05) is 18.5 Å². The highest BCUT2D eigenvalue weighted by atomic mass is 32.1. The van der Waals surface area contributed by atoms with Gasteiger partial charge in [0.05, 0.1) is 17.9 Å². The van der Waals surface area contributed by atoms with Gasteiger partial charge in [0.25, 0.3) is 0 Å². The van der Waals surface area contributed by atoms with E-state index in [0.29, 0.717) is 0 Å². The van der Waals surface area contributed by atoms with Crippen LogP contribution in [0.5, 0.6) is 0 Å². The number of likely N-dealkylation sites (tertiary alicyclic amines) is 1. The van der Waals surface area contributed by atoms with Crippen LogP contribution in [0, 0.1) is 5.92 Å². The number of alkyl halides is 3. The normalized spacial score (nSPS) is 27.8. The standard InChI is InChI=1S/C12H19N3OS.C2HF3O2/c1-10-5-12(16-7-10)3-2-4-15(9-12)6-11-8-17-14-13-11;3-2(4,5)1(6)7/h8,10H,2-7,9H2,1H3;(H,6,7). The Hall–Kier alpha value is -1.26. The van der Waals surface area contributed by atoms with Crippen LogP contribution in [0.3, 0.4) is 0 Å². The van der Waals surface area contributed by atoms with Crippen LogP contribution in [0.25, 0.3) is 0 Å². The molecule has 136 valence electrons. The summed E-state index contributed by atoms with van der Waals surface area (Å²) >= 11 is 1.43. The third kappa shape index (κ3) is 5.38. The average Bonchev–Trinajstić information content (AvgIpc) is 3.09. The molecule has 10 heteroatoms. The highest BCUT2D eigenvalue weighted by Crippen LogP contribution is 2.37. The molecule has 1 aromatic rings. The topological polar surface area (TPSA) is 75.5 Å². The minimum atomic E-state index is -5.08. The number of nitrogens with zero attached hydrogens (tertiary/aromatic N) is 3. The lowest BCUT2D eigenvalue weighted by molar-refractivity contribution is -0.192. The summed E-state index contributed by atoms with van der Waals surface area (Å²) < 4.78 is 41.7. The Bertz CT molecular complexity index is 537. The minimum Gasteiger partial charge on any atom is -0.475 e. The van der Waals surface area contributed by atoms with Crippen LogP contribution in [0.2, 0.25) is 0 Å². The second kappa shape index (κ2) is 7.75. The number of aliphatic carboxylic acids is 1. The zero-order valence-corrected chi connectivity index (χ0v) is 14.1. The lowest BCUT2D eigenvalue weighted by Crippen LogP contribution is -2.47. The van der Waals surface area contributed by atoms with Crippen LogP contribution < -0.4 is 0 Å². The van der Waals surface area contributed by atoms with Crippen molar-refractivity contribution in [3.05, 3.63) is 11.1 Å². The van der Waals surface area contributed by atoms with E-state index in [-0.39, 0.29) is 5.60 Å². The van der Waals surface area contributed by atoms with Gasteiger partial charge < -0.3 is 9.84 Å². The van der Waals surface area contributed by atoms with Gasteiger partial charge in [-0.25, -0.2) is 4.79 Å². The van der Waals surface area contributed by atoms with Crippen LogP contribution in [0.4, 0.5) is 13.2 Å². The lowest BCUT2D eigenvalue weighted by Gasteiger charge is -2.39. The fraction of sp³-hybridized carbons (Fsp3) is 0.786. The lowest BCUT2D eigenvalue weighted by atomic mass is 9.87. The summed E-state index contributed by atoms with van der Waals surface area (Å²) in [6.45, 7) is 6.38. The van der Waals surface area contributed by atoms with Crippen molar-refractivity contribution in [3.8, 4) is 0 Å². The number of aromatic nitrogens is 2. The summed E-state index contributed by atoms with van der Waals surface area (Å²) in [6, 6.07) is 0. The zero-order chi connectivity index (χ0) is 17.8. The van der Waals surface area contributed by atoms with E-state index < -0.39 is 12.1 Å². The Kier molecular flexibility index (Phi) is 6.16. The maximum Gasteiger partial charge on any atom is 0.490 e. The van der Waals surface area contributed by atoms with E-state index >= 15 is 0 Å². The Morgan fingerprint density at radius 1 is 1.58 bits per heavy atom. The second-order valence-corrected chi connectivity index (χ2v) is 6.93. The Labute approximate surface area is 141 Å². The third-order valence-electron chi connectivity index (χ3n) is 4.05. The molecular formula is C14H20F3N3O3S. The molecular weight excluding hydrogens is 347 g/mol. The van der Waals surface area contributed by atoms with E-state index in [4.69, 9.17) is 14.6 Å². The van der Waals surface area contributed by atoms with Crippen molar-refractivity contribution in [1.82, 2.24) is 14.5 Å². The molecule has 0 radical (unpaired) electrons. The molecule has 0 amide bonds. The minimum absolute atomic E-state index is 0.140. The van der Waals surface area contributed by atoms with Crippen molar-refractivity contribution in [2.45, 2.75) is 44.5 Å². The van der Waals surface area contributed by atoms with Crippen molar-refractivity contribution >= 4 is 17.5 Å². The zero-order valence-electron chi connectivity index (χ0n) is 13.3. The van der Waals surface area contributed by atoms with Gasteiger partial charge in [0.1, 0.15) is 0 Å². The molecule has 0 saturated carbocycles. The summed E-state index contributed by atoms with van der Waals surface area (Å²) in [5.41, 5.74) is 1.24. The predicted molar refractivity (Wildman–Crippen MR) is 80.6 cm³/mol. The van der Waals surface area contributed by atoms with E-state index in [1.165, 1.54) is 30.8 Å². The predicted octanol–water partition coefficient (Wildman–Crippen LogP) is 2.56. The van der Waals surface area contributed by atoms with Gasteiger partial charge in [-0.2, -0.15) is 13.2 Å². The molecule has 0 bridgehead atoms. The number of rotatable bonds is 2. The molecule has 2 aliphatic rings. The molecule has 2 fully saturated rings. The van der Waals surface area contributed by atoms with Gasteiger partial charge in [-0.3, -0.25) is 4.90 Å². The molecule has 3 heterocycles. The summed E-state index contributed by atoms with van der Waals surface area (Å²) in [6.07, 6.45) is -1.40. The molecule has 2 unspecified atom stereocenters. The maximum atomic E-state index is 10.6. The number of hydrogen-bond donors (Lipinski definition) is 1. The second-order valence-electron chi connectivity index (χ2n) is 6.32. The quantitative estimate of drug-likeness (QED) is 0.866. The van der Waals surface area contributed by atoms with Crippen molar-refractivity contribution in [1.29, 1.82) is 0 Å². The molecule has 24 heavy (non-hydrogen) atoms. The van der Waals surface area contributed by atoms with Crippen LogP contribution in [0.15, 0.2) is 5.38 Å². The van der Waals surface area contributed by atoms with Crippen molar-refractivity contribution in [3.63, 3.8) is 0 Å². The Balaban J connectivity index is 0.000000256. The molecule has 2 atom stereocenters. The highest BCUT2D eigenvalue weighted by molar-refractivity contribution is 7.03. The fourth-order valence-corrected chi connectivity index (χ4v) is 3.61. The molecule has 6 nitrogen and oxygen atoms in total. The summed E-state index contributed by atoms with van der Waals surface area (Å²) in [7, 11) is 0. The van der Waals surface area contributed by atoms with Crippen LogP contribution in [-0.2, 0) is 16.1 Å². The summed E-state index contributed by atoms with van der Waals surface area (Å²) in [4.78, 5) is 11.4. The SMILES string of the molecule is CC1COC2(CCCN(Cc3csnn3)C2)C1.O=C(O)C(F)(F)F.